The molecule has 1 aliphatic heterocycles. The van der Waals surface area contributed by atoms with E-state index in [1.54, 1.807) is 24.5 Å². The molecule has 15 heavy (non-hydrogen) atoms. The van der Waals surface area contributed by atoms with E-state index in [9.17, 15) is 4.79 Å². The highest BCUT2D eigenvalue weighted by atomic mass is 35.5. The molecule has 1 aromatic heterocycles. The smallest absolute Gasteiger partial charge is 0.253 e. The molecule has 3 nitrogen and oxygen atoms in total. The highest BCUT2D eigenvalue weighted by molar-refractivity contribution is 5.94. The van der Waals surface area contributed by atoms with Crippen LogP contribution in [0.4, 0.5) is 0 Å². The molecule has 1 amide bonds. The molecule has 0 aliphatic carbocycles. The predicted molar refractivity (Wildman–Crippen MR) is 61.2 cm³/mol. The van der Waals surface area contributed by atoms with Gasteiger partial charge in [0.05, 0.1) is 0 Å². The summed E-state index contributed by atoms with van der Waals surface area (Å²) in [5.74, 6) is 0.145. The van der Waals surface area contributed by atoms with E-state index >= 15 is 0 Å². The number of hydrogen-bond acceptors (Lipinski definition) is 2. The Hall–Kier alpha value is -1.09. The van der Waals surface area contributed by atoms with E-state index in [0.29, 0.717) is 0 Å². The van der Waals surface area contributed by atoms with Crippen LogP contribution in [0.1, 0.15) is 29.6 Å². The third kappa shape index (κ3) is 2.93. The van der Waals surface area contributed by atoms with Crippen molar-refractivity contribution in [3.05, 3.63) is 30.1 Å². The minimum Gasteiger partial charge on any atom is -0.339 e. The van der Waals surface area contributed by atoms with E-state index in [0.717, 1.165) is 31.5 Å². The lowest BCUT2D eigenvalue weighted by molar-refractivity contribution is 0.0724. The van der Waals surface area contributed by atoms with Crippen LogP contribution in [0.3, 0.4) is 0 Å². The topological polar surface area (TPSA) is 33.2 Å². The predicted octanol–water partition coefficient (Wildman–Crippen LogP) is 2.13. The van der Waals surface area contributed by atoms with Gasteiger partial charge in [0.2, 0.25) is 0 Å². The fourth-order valence-corrected chi connectivity index (χ4v) is 1.77. The monoisotopic (exact) mass is 226 g/mol. The van der Waals surface area contributed by atoms with Crippen molar-refractivity contribution in [3.8, 4) is 0 Å². The van der Waals surface area contributed by atoms with Gasteiger partial charge in [0.1, 0.15) is 0 Å². The summed E-state index contributed by atoms with van der Waals surface area (Å²) < 4.78 is 0. The number of piperidine rings is 1. The number of halogens is 1. The first-order valence-electron chi connectivity index (χ1n) is 5.07. The van der Waals surface area contributed by atoms with Gasteiger partial charge >= 0.3 is 0 Å². The van der Waals surface area contributed by atoms with Gasteiger partial charge in [-0.3, -0.25) is 9.78 Å². The van der Waals surface area contributed by atoms with E-state index in [1.165, 1.54) is 6.42 Å². The largest absolute Gasteiger partial charge is 0.339 e. The Morgan fingerprint density at radius 3 is 2.33 bits per heavy atom. The van der Waals surface area contributed by atoms with Crippen molar-refractivity contribution in [2.75, 3.05) is 13.1 Å². The zero-order chi connectivity index (χ0) is 9.80. The van der Waals surface area contributed by atoms with Crippen LogP contribution in [0.5, 0.6) is 0 Å². The second kappa shape index (κ2) is 5.71. The summed E-state index contributed by atoms with van der Waals surface area (Å²) in [5, 5.41) is 0. The van der Waals surface area contributed by atoms with Gasteiger partial charge in [-0.1, -0.05) is 0 Å². The molecule has 0 aromatic carbocycles. The third-order valence-electron chi connectivity index (χ3n) is 2.57. The second-order valence-electron chi connectivity index (χ2n) is 3.59. The molecule has 1 fully saturated rings. The standard InChI is InChI=1S/C11H14N2O.ClH/c14-11(10-4-6-12-7-5-10)13-8-2-1-3-9-13;/h4-7H,1-3,8-9H2;1H. The number of nitrogens with zero attached hydrogens (tertiary/aromatic N) is 2. The molecule has 0 saturated carbocycles. The van der Waals surface area contributed by atoms with Gasteiger partial charge < -0.3 is 4.90 Å². The number of pyridine rings is 1. The van der Waals surface area contributed by atoms with Crippen molar-refractivity contribution in [3.63, 3.8) is 0 Å². The molecule has 0 bridgehead atoms. The minimum absolute atomic E-state index is 0. The van der Waals surface area contributed by atoms with Crippen molar-refractivity contribution in [1.82, 2.24) is 9.88 Å². The van der Waals surface area contributed by atoms with Gasteiger partial charge in [0.15, 0.2) is 0 Å². The lowest BCUT2D eigenvalue weighted by Crippen LogP contribution is -2.35. The fraction of sp³-hybridized carbons (Fsp3) is 0.455. The van der Waals surface area contributed by atoms with Gasteiger partial charge in [0.25, 0.3) is 5.91 Å². The Labute approximate surface area is 95.9 Å². The van der Waals surface area contributed by atoms with E-state index in [4.69, 9.17) is 0 Å². The first-order valence-corrected chi connectivity index (χ1v) is 5.07. The molecule has 0 radical (unpaired) electrons. The van der Waals surface area contributed by atoms with Crippen LogP contribution in [-0.2, 0) is 0 Å². The molecule has 0 unspecified atom stereocenters. The Morgan fingerprint density at radius 2 is 1.73 bits per heavy atom. The number of hydrogen-bond donors (Lipinski definition) is 0. The van der Waals surface area contributed by atoms with Crippen molar-refractivity contribution >= 4 is 18.3 Å². The Morgan fingerprint density at radius 1 is 1.13 bits per heavy atom. The highest BCUT2D eigenvalue weighted by Crippen LogP contribution is 2.12. The summed E-state index contributed by atoms with van der Waals surface area (Å²) >= 11 is 0. The second-order valence-corrected chi connectivity index (χ2v) is 3.59. The van der Waals surface area contributed by atoms with Crippen LogP contribution in [0.15, 0.2) is 24.5 Å². The lowest BCUT2D eigenvalue weighted by atomic mass is 10.1. The first-order chi connectivity index (χ1) is 6.88. The van der Waals surface area contributed by atoms with Crippen LogP contribution in [0.2, 0.25) is 0 Å². The molecule has 0 spiro atoms. The SMILES string of the molecule is Cl.O=C(c1ccncc1)N1CCCCC1. The van der Waals surface area contributed by atoms with Crippen molar-refractivity contribution in [2.24, 2.45) is 0 Å². The van der Waals surface area contributed by atoms with Gasteiger partial charge in [-0.2, -0.15) is 0 Å². The van der Waals surface area contributed by atoms with E-state index in [2.05, 4.69) is 4.98 Å². The number of carbonyl (C=O) groups is 1. The Balaban J connectivity index is 0.00000112. The molecular formula is C11H15ClN2O. The Kier molecular flexibility index (Phi) is 4.56. The number of carbonyl (C=O) groups excluding carboxylic acids is 1. The average Bonchev–Trinajstić information content (AvgIpc) is 2.30. The van der Waals surface area contributed by atoms with Crippen LogP contribution >= 0.6 is 12.4 Å². The molecule has 0 N–H and O–H groups in total. The normalized spacial score (nSPS) is 15.6. The molecule has 1 saturated heterocycles. The minimum atomic E-state index is 0. The lowest BCUT2D eigenvalue weighted by Gasteiger charge is -2.26. The van der Waals surface area contributed by atoms with Gasteiger partial charge in [0, 0.05) is 31.0 Å². The summed E-state index contributed by atoms with van der Waals surface area (Å²) in [6, 6.07) is 3.55. The molecule has 1 aliphatic rings. The van der Waals surface area contributed by atoms with Crippen LogP contribution in [0, 0.1) is 0 Å². The maximum Gasteiger partial charge on any atom is 0.253 e. The molecule has 4 heteroatoms. The number of rotatable bonds is 1. The fourth-order valence-electron chi connectivity index (χ4n) is 1.77. The molecule has 2 heterocycles. The summed E-state index contributed by atoms with van der Waals surface area (Å²) in [7, 11) is 0. The Bertz CT molecular complexity index is 310. The number of likely N-dealkylation sites (tertiary alicyclic amines) is 1. The zero-order valence-corrected chi connectivity index (χ0v) is 9.37. The summed E-state index contributed by atoms with van der Waals surface area (Å²) in [6.07, 6.45) is 6.85. The molecule has 1 aromatic rings. The molecule has 0 atom stereocenters. The van der Waals surface area contributed by atoms with Crippen LogP contribution in [0.25, 0.3) is 0 Å². The molecular weight excluding hydrogens is 212 g/mol. The van der Waals surface area contributed by atoms with Gasteiger partial charge in [-0.05, 0) is 31.4 Å². The van der Waals surface area contributed by atoms with Crippen molar-refractivity contribution < 1.29 is 4.79 Å². The number of aromatic nitrogens is 1. The summed E-state index contributed by atoms with van der Waals surface area (Å²) in [5.41, 5.74) is 0.752. The van der Waals surface area contributed by atoms with Crippen molar-refractivity contribution in [2.45, 2.75) is 19.3 Å². The average molecular weight is 227 g/mol. The molecule has 2 rings (SSSR count). The third-order valence-corrected chi connectivity index (χ3v) is 2.57. The maximum absolute atomic E-state index is 11.9. The maximum atomic E-state index is 11.9. The van der Waals surface area contributed by atoms with E-state index in [-0.39, 0.29) is 18.3 Å². The van der Waals surface area contributed by atoms with Gasteiger partial charge in [-0.25, -0.2) is 0 Å². The first kappa shape index (κ1) is 12.0. The summed E-state index contributed by atoms with van der Waals surface area (Å²) in [4.78, 5) is 17.7. The zero-order valence-electron chi connectivity index (χ0n) is 8.56. The highest BCUT2D eigenvalue weighted by Gasteiger charge is 2.17. The van der Waals surface area contributed by atoms with Crippen molar-refractivity contribution in [1.29, 1.82) is 0 Å². The van der Waals surface area contributed by atoms with E-state index in [1.807, 2.05) is 4.90 Å². The number of amides is 1. The quantitative estimate of drug-likeness (QED) is 0.735. The van der Waals surface area contributed by atoms with Crippen LogP contribution < -0.4 is 0 Å². The van der Waals surface area contributed by atoms with E-state index < -0.39 is 0 Å². The van der Waals surface area contributed by atoms with Gasteiger partial charge in [-0.15, -0.1) is 12.4 Å². The van der Waals surface area contributed by atoms with Crippen LogP contribution in [-0.4, -0.2) is 28.9 Å². The summed E-state index contributed by atoms with van der Waals surface area (Å²) in [6.45, 7) is 1.81. The molecule has 82 valence electrons.